The third-order valence-corrected chi connectivity index (χ3v) is 1.63. The van der Waals surface area contributed by atoms with Crippen molar-refractivity contribution >= 4 is 0 Å². The second kappa shape index (κ2) is 17.5. The zero-order valence-corrected chi connectivity index (χ0v) is 11.9. The molecule has 0 aliphatic heterocycles. The van der Waals surface area contributed by atoms with Gasteiger partial charge < -0.3 is 14.0 Å². The molecular formula is C13H27NO3. The van der Waals surface area contributed by atoms with Gasteiger partial charge in [0.2, 0.25) is 0 Å². The van der Waals surface area contributed by atoms with Crippen LogP contribution in [-0.2, 0) is 15.9 Å². The summed E-state index contributed by atoms with van der Waals surface area (Å²) in [7, 11) is 1.69. The molecule has 0 aromatic carbocycles. The van der Waals surface area contributed by atoms with Crippen molar-refractivity contribution in [1.82, 2.24) is 5.16 Å². The van der Waals surface area contributed by atoms with Crippen molar-refractivity contribution in [3.05, 3.63) is 18.0 Å². The van der Waals surface area contributed by atoms with Crippen LogP contribution in [-0.4, -0.2) is 32.1 Å². The molecule has 0 radical (unpaired) electrons. The van der Waals surface area contributed by atoms with Crippen LogP contribution in [0.5, 0.6) is 0 Å². The highest BCUT2D eigenvalue weighted by Gasteiger charge is 1.95. The van der Waals surface area contributed by atoms with E-state index in [2.05, 4.69) is 9.68 Å². The molecule has 0 atom stereocenters. The van der Waals surface area contributed by atoms with Crippen molar-refractivity contribution in [2.75, 3.05) is 26.9 Å². The van der Waals surface area contributed by atoms with E-state index < -0.39 is 0 Å². The number of hydrogen-bond acceptors (Lipinski definition) is 4. The molecule has 1 aromatic rings. The normalized spacial score (nSPS) is 8.76. The van der Waals surface area contributed by atoms with Crippen LogP contribution < -0.4 is 0 Å². The second-order valence-electron chi connectivity index (χ2n) is 2.70. The number of ether oxygens (including phenoxy) is 2. The maximum atomic E-state index is 5.35. The first-order valence-corrected chi connectivity index (χ1v) is 6.39. The molecule has 4 nitrogen and oxygen atoms in total. The maximum absolute atomic E-state index is 5.35. The van der Waals surface area contributed by atoms with Gasteiger partial charge in [-0.2, -0.15) is 0 Å². The molecule has 0 aliphatic rings. The van der Waals surface area contributed by atoms with Crippen LogP contribution >= 0.6 is 0 Å². The SMILES string of the molecule is CC.CC.COCCCOCCc1ccon1. The fourth-order valence-electron chi connectivity index (χ4n) is 0.951. The van der Waals surface area contributed by atoms with Crippen LogP contribution in [0.3, 0.4) is 0 Å². The fourth-order valence-corrected chi connectivity index (χ4v) is 0.951. The highest BCUT2D eigenvalue weighted by molar-refractivity contribution is 4.94. The molecule has 0 unspecified atom stereocenters. The summed E-state index contributed by atoms with van der Waals surface area (Å²) < 4.78 is 14.9. The van der Waals surface area contributed by atoms with Crippen LogP contribution in [0.15, 0.2) is 16.9 Å². The van der Waals surface area contributed by atoms with Gasteiger partial charge in [0.25, 0.3) is 0 Å². The Labute approximate surface area is 105 Å². The molecule has 0 spiro atoms. The average Bonchev–Trinajstić information content (AvgIpc) is 2.92. The third kappa shape index (κ3) is 13.1. The van der Waals surface area contributed by atoms with Crippen LogP contribution in [0, 0.1) is 0 Å². The standard InChI is InChI=1S/C9H15NO3.2C2H6/c1-11-5-2-6-12-7-3-9-4-8-13-10-9;2*1-2/h4,8H,2-3,5-7H2,1H3;2*1-2H3. The van der Waals surface area contributed by atoms with Gasteiger partial charge in [-0.3, -0.25) is 0 Å². The van der Waals surface area contributed by atoms with E-state index in [1.165, 1.54) is 0 Å². The average molecular weight is 245 g/mol. The lowest BCUT2D eigenvalue weighted by molar-refractivity contribution is 0.104. The number of aromatic nitrogens is 1. The summed E-state index contributed by atoms with van der Waals surface area (Å²) in [6.07, 6.45) is 3.32. The minimum Gasteiger partial charge on any atom is -0.385 e. The van der Waals surface area contributed by atoms with Gasteiger partial charge in [-0.25, -0.2) is 0 Å². The molecule has 0 fully saturated rings. The molecule has 0 saturated heterocycles. The van der Waals surface area contributed by atoms with Crippen molar-refractivity contribution in [2.45, 2.75) is 40.5 Å². The lowest BCUT2D eigenvalue weighted by Crippen LogP contribution is -2.02. The number of nitrogens with zero attached hydrogens (tertiary/aromatic N) is 1. The van der Waals surface area contributed by atoms with Gasteiger partial charge in [-0.05, 0) is 6.42 Å². The number of hydrogen-bond donors (Lipinski definition) is 0. The Morgan fingerprint density at radius 1 is 1.12 bits per heavy atom. The summed E-state index contributed by atoms with van der Waals surface area (Å²) in [5.41, 5.74) is 0.937. The smallest absolute Gasteiger partial charge is 0.124 e. The van der Waals surface area contributed by atoms with Gasteiger partial charge in [0, 0.05) is 32.8 Å². The predicted molar refractivity (Wildman–Crippen MR) is 70.2 cm³/mol. The summed E-state index contributed by atoms with van der Waals surface area (Å²) in [5.74, 6) is 0. The van der Waals surface area contributed by atoms with Gasteiger partial charge in [-0.1, -0.05) is 32.9 Å². The van der Waals surface area contributed by atoms with Crippen molar-refractivity contribution in [3.8, 4) is 0 Å². The Hall–Kier alpha value is -0.870. The Kier molecular flexibility index (Phi) is 19.1. The maximum Gasteiger partial charge on any atom is 0.124 e. The van der Waals surface area contributed by atoms with E-state index >= 15 is 0 Å². The predicted octanol–water partition coefficient (Wildman–Crippen LogP) is 3.32. The van der Waals surface area contributed by atoms with Crippen LogP contribution in [0.4, 0.5) is 0 Å². The van der Waals surface area contributed by atoms with E-state index in [1.807, 2.05) is 33.8 Å². The van der Waals surface area contributed by atoms with Crippen LogP contribution in [0.25, 0.3) is 0 Å². The molecule has 17 heavy (non-hydrogen) atoms. The van der Waals surface area contributed by atoms with Crippen molar-refractivity contribution in [1.29, 1.82) is 0 Å². The van der Waals surface area contributed by atoms with Gasteiger partial charge >= 0.3 is 0 Å². The monoisotopic (exact) mass is 245 g/mol. The van der Waals surface area contributed by atoms with E-state index in [0.717, 1.165) is 31.7 Å². The Morgan fingerprint density at radius 3 is 2.35 bits per heavy atom. The van der Waals surface area contributed by atoms with E-state index in [9.17, 15) is 0 Å². The van der Waals surface area contributed by atoms with Crippen LogP contribution in [0.1, 0.15) is 39.8 Å². The lowest BCUT2D eigenvalue weighted by atomic mass is 10.3. The quantitative estimate of drug-likeness (QED) is 0.691. The second-order valence-corrected chi connectivity index (χ2v) is 2.70. The number of methoxy groups -OCH3 is 1. The molecular weight excluding hydrogens is 218 g/mol. The first-order chi connectivity index (χ1) is 8.43. The molecule has 4 heteroatoms. The minimum absolute atomic E-state index is 0.691. The molecule has 1 heterocycles. The first kappa shape index (κ1) is 18.5. The number of rotatable bonds is 7. The zero-order chi connectivity index (χ0) is 13.4. The molecule has 1 rings (SSSR count). The Morgan fingerprint density at radius 2 is 1.82 bits per heavy atom. The van der Waals surface area contributed by atoms with Gasteiger partial charge in [0.05, 0.1) is 12.3 Å². The van der Waals surface area contributed by atoms with E-state index in [0.29, 0.717) is 6.61 Å². The van der Waals surface area contributed by atoms with E-state index in [4.69, 9.17) is 9.47 Å². The van der Waals surface area contributed by atoms with Gasteiger partial charge in [0.1, 0.15) is 6.26 Å². The summed E-state index contributed by atoms with van der Waals surface area (Å²) in [6, 6.07) is 1.85. The highest BCUT2D eigenvalue weighted by Crippen LogP contribution is 1.96. The highest BCUT2D eigenvalue weighted by atomic mass is 16.5. The van der Waals surface area contributed by atoms with Crippen LogP contribution in [0.2, 0.25) is 0 Å². The summed E-state index contributed by atoms with van der Waals surface area (Å²) in [4.78, 5) is 0. The first-order valence-electron chi connectivity index (χ1n) is 6.39. The summed E-state index contributed by atoms with van der Waals surface area (Å²) in [6.45, 7) is 10.2. The minimum atomic E-state index is 0.691. The van der Waals surface area contributed by atoms with E-state index in [1.54, 1.807) is 13.4 Å². The topological polar surface area (TPSA) is 44.5 Å². The largest absolute Gasteiger partial charge is 0.385 e. The lowest BCUT2D eigenvalue weighted by Gasteiger charge is -2.01. The summed E-state index contributed by atoms with van der Waals surface area (Å²) in [5, 5.41) is 3.77. The molecule has 0 aliphatic carbocycles. The van der Waals surface area contributed by atoms with Crippen molar-refractivity contribution in [3.63, 3.8) is 0 Å². The Bertz CT molecular complexity index is 200. The zero-order valence-electron chi connectivity index (χ0n) is 11.9. The van der Waals surface area contributed by atoms with Gasteiger partial charge in [0.15, 0.2) is 0 Å². The molecule has 1 aromatic heterocycles. The molecule has 0 bridgehead atoms. The third-order valence-electron chi connectivity index (χ3n) is 1.63. The van der Waals surface area contributed by atoms with Crippen molar-refractivity contribution < 1.29 is 14.0 Å². The van der Waals surface area contributed by atoms with Gasteiger partial charge in [-0.15, -0.1) is 0 Å². The summed E-state index contributed by atoms with van der Waals surface area (Å²) >= 11 is 0. The molecule has 0 amide bonds. The molecule has 0 N–H and O–H groups in total. The molecule has 0 saturated carbocycles. The molecule has 102 valence electrons. The van der Waals surface area contributed by atoms with Crippen molar-refractivity contribution in [2.24, 2.45) is 0 Å². The Balaban J connectivity index is 0. The fraction of sp³-hybridized carbons (Fsp3) is 0.769. The van der Waals surface area contributed by atoms with E-state index in [-0.39, 0.29) is 0 Å².